The van der Waals surface area contributed by atoms with E-state index in [1.807, 2.05) is 13.8 Å². The topological polar surface area (TPSA) is 64.4 Å². The molecule has 150 valence electrons. The zero-order valence-electron chi connectivity index (χ0n) is 16.0. The lowest BCUT2D eigenvalue weighted by atomic mass is 9.65. The first-order valence-electron chi connectivity index (χ1n) is 9.87. The molecule has 1 amide bonds. The molecule has 2 saturated carbocycles. The van der Waals surface area contributed by atoms with E-state index in [2.05, 4.69) is 5.32 Å². The minimum Gasteiger partial charge on any atom is -0.487 e. The van der Waals surface area contributed by atoms with E-state index in [0.29, 0.717) is 24.0 Å². The minimum atomic E-state index is -0.440. The Kier molecular flexibility index (Phi) is 5.74. The second-order valence-corrected chi connectivity index (χ2v) is 9.01. The van der Waals surface area contributed by atoms with E-state index in [-0.39, 0.29) is 42.1 Å². The third-order valence-electron chi connectivity index (χ3n) is 6.53. The molecule has 1 aliphatic heterocycles. The molecule has 3 aliphatic rings. The Morgan fingerprint density at radius 1 is 1.26 bits per heavy atom. The highest BCUT2D eigenvalue weighted by atomic mass is 35.5. The maximum Gasteiger partial charge on any atom is 0.223 e. The summed E-state index contributed by atoms with van der Waals surface area (Å²) in [5.41, 5.74) is 6.79. The molecule has 2 fully saturated rings. The summed E-state index contributed by atoms with van der Waals surface area (Å²) in [5, 5.41) is 3.24. The van der Waals surface area contributed by atoms with Crippen molar-refractivity contribution in [2.24, 2.45) is 23.5 Å². The van der Waals surface area contributed by atoms with Crippen molar-refractivity contribution in [3.05, 3.63) is 29.6 Å². The summed E-state index contributed by atoms with van der Waals surface area (Å²) in [4.78, 5) is 13.0. The number of nitrogens with one attached hydrogen (secondary N) is 1. The van der Waals surface area contributed by atoms with Gasteiger partial charge in [-0.2, -0.15) is 0 Å². The van der Waals surface area contributed by atoms with Crippen LogP contribution in [0.25, 0.3) is 0 Å². The zero-order chi connectivity index (χ0) is 18.5. The van der Waals surface area contributed by atoms with Gasteiger partial charge in [0.05, 0.1) is 6.04 Å². The van der Waals surface area contributed by atoms with Crippen LogP contribution in [-0.2, 0) is 4.79 Å². The first kappa shape index (κ1) is 20.4. The lowest BCUT2D eigenvalue weighted by Crippen LogP contribution is -2.50. The van der Waals surface area contributed by atoms with Crippen LogP contribution >= 0.6 is 12.4 Å². The van der Waals surface area contributed by atoms with Crippen molar-refractivity contribution in [2.75, 3.05) is 0 Å². The Morgan fingerprint density at radius 2 is 1.93 bits per heavy atom. The van der Waals surface area contributed by atoms with E-state index >= 15 is 0 Å². The number of ether oxygens (including phenoxy) is 1. The molecule has 4 nitrogen and oxygen atoms in total. The van der Waals surface area contributed by atoms with Crippen LogP contribution in [0.5, 0.6) is 5.75 Å². The number of fused-ring (bicyclic) bond motifs is 3. The quantitative estimate of drug-likeness (QED) is 0.790. The van der Waals surface area contributed by atoms with Gasteiger partial charge in [-0.3, -0.25) is 4.79 Å². The first-order chi connectivity index (χ1) is 12.3. The smallest absolute Gasteiger partial charge is 0.223 e. The Labute approximate surface area is 166 Å². The molecule has 2 bridgehead atoms. The Balaban J connectivity index is 0.00000210. The van der Waals surface area contributed by atoms with E-state index in [1.165, 1.54) is 18.6 Å². The summed E-state index contributed by atoms with van der Waals surface area (Å²) < 4.78 is 19.5. The number of hydrogen-bond donors (Lipinski definition) is 2. The van der Waals surface area contributed by atoms with E-state index in [9.17, 15) is 9.18 Å². The van der Waals surface area contributed by atoms with E-state index in [4.69, 9.17) is 10.5 Å². The van der Waals surface area contributed by atoms with Gasteiger partial charge in [0, 0.05) is 30.0 Å². The summed E-state index contributed by atoms with van der Waals surface area (Å²) in [6.07, 6.45) is 6.00. The molecule has 0 spiro atoms. The summed E-state index contributed by atoms with van der Waals surface area (Å²) in [6, 6.07) is 4.70. The van der Waals surface area contributed by atoms with Crippen LogP contribution in [-0.4, -0.2) is 17.6 Å². The zero-order valence-corrected chi connectivity index (χ0v) is 16.9. The van der Waals surface area contributed by atoms with Crippen molar-refractivity contribution in [1.82, 2.24) is 5.32 Å². The monoisotopic (exact) mass is 396 g/mol. The molecule has 1 aromatic carbocycles. The minimum absolute atomic E-state index is 0. The van der Waals surface area contributed by atoms with Gasteiger partial charge in [-0.1, -0.05) is 12.5 Å². The predicted octanol–water partition coefficient (Wildman–Crippen LogP) is 4.12. The second kappa shape index (κ2) is 7.59. The van der Waals surface area contributed by atoms with Crippen molar-refractivity contribution >= 4 is 18.3 Å². The summed E-state index contributed by atoms with van der Waals surface area (Å²) in [5.74, 6) is 1.33. The Morgan fingerprint density at radius 3 is 2.59 bits per heavy atom. The standard InChI is InChI=1S/C21H29FN2O2.ClH/c1-21(2)11-17(16-7-6-15(22)10-18(16)26-21)24-20(25)14-8-12-4-3-5-13(9-14)19(12)23;/h6-7,10,12-14,17,19H,3-5,8-9,11,23H2,1-2H3,(H,24,25);1H. The van der Waals surface area contributed by atoms with E-state index < -0.39 is 5.60 Å². The average Bonchev–Trinajstić information content (AvgIpc) is 2.52. The van der Waals surface area contributed by atoms with Gasteiger partial charge in [-0.25, -0.2) is 4.39 Å². The van der Waals surface area contributed by atoms with Crippen molar-refractivity contribution in [3.63, 3.8) is 0 Å². The normalized spacial score (nSPS) is 33.9. The third-order valence-corrected chi connectivity index (χ3v) is 6.53. The van der Waals surface area contributed by atoms with Crippen LogP contribution in [0, 0.1) is 23.6 Å². The number of halogens is 2. The van der Waals surface area contributed by atoms with Crippen LogP contribution < -0.4 is 15.8 Å². The number of benzene rings is 1. The second-order valence-electron chi connectivity index (χ2n) is 9.01. The van der Waals surface area contributed by atoms with Gasteiger partial charge in [0.1, 0.15) is 17.2 Å². The SMILES string of the molecule is CC1(C)CC(NC(=O)C2CC3CCCC(C2)C3N)c2ccc(F)cc2O1.Cl. The van der Waals surface area contributed by atoms with Gasteiger partial charge >= 0.3 is 0 Å². The number of nitrogens with two attached hydrogens (primary N) is 1. The van der Waals surface area contributed by atoms with Crippen LogP contribution in [0.2, 0.25) is 0 Å². The molecule has 6 heteroatoms. The van der Waals surface area contributed by atoms with E-state index in [1.54, 1.807) is 6.07 Å². The van der Waals surface area contributed by atoms with Crippen molar-refractivity contribution in [2.45, 2.75) is 70.1 Å². The number of carbonyl (C=O) groups excluding carboxylic acids is 1. The van der Waals surface area contributed by atoms with E-state index in [0.717, 1.165) is 31.2 Å². The van der Waals surface area contributed by atoms with Crippen LogP contribution in [0.1, 0.15) is 64.0 Å². The highest BCUT2D eigenvalue weighted by Crippen LogP contribution is 2.43. The summed E-state index contributed by atoms with van der Waals surface area (Å²) in [6.45, 7) is 3.95. The van der Waals surface area contributed by atoms with Gasteiger partial charge in [0.25, 0.3) is 0 Å². The first-order valence-corrected chi connectivity index (χ1v) is 9.87. The summed E-state index contributed by atoms with van der Waals surface area (Å²) >= 11 is 0. The molecule has 3 unspecified atom stereocenters. The predicted molar refractivity (Wildman–Crippen MR) is 105 cm³/mol. The molecule has 2 aliphatic carbocycles. The molecule has 3 N–H and O–H groups in total. The van der Waals surface area contributed by atoms with Gasteiger partial charge in [-0.15, -0.1) is 12.4 Å². The molecule has 1 aromatic rings. The molecular weight excluding hydrogens is 367 g/mol. The molecule has 1 heterocycles. The van der Waals surface area contributed by atoms with Crippen LogP contribution in [0.3, 0.4) is 0 Å². The number of carbonyl (C=O) groups is 1. The lowest BCUT2D eigenvalue weighted by molar-refractivity contribution is -0.129. The largest absolute Gasteiger partial charge is 0.487 e. The summed E-state index contributed by atoms with van der Waals surface area (Å²) in [7, 11) is 0. The fourth-order valence-electron chi connectivity index (χ4n) is 5.25. The average molecular weight is 397 g/mol. The Bertz CT molecular complexity index is 697. The van der Waals surface area contributed by atoms with Gasteiger partial charge in [0.2, 0.25) is 5.91 Å². The number of hydrogen-bond acceptors (Lipinski definition) is 3. The molecular formula is C21H30ClFN2O2. The van der Waals surface area contributed by atoms with Gasteiger partial charge in [0.15, 0.2) is 0 Å². The highest BCUT2D eigenvalue weighted by molar-refractivity contribution is 5.85. The lowest BCUT2D eigenvalue weighted by Gasteiger charge is -2.44. The maximum atomic E-state index is 13.6. The van der Waals surface area contributed by atoms with Crippen LogP contribution in [0.4, 0.5) is 4.39 Å². The van der Waals surface area contributed by atoms with Crippen molar-refractivity contribution in [3.8, 4) is 5.75 Å². The molecule has 0 radical (unpaired) electrons. The van der Waals surface area contributed by atoms with Crippen molar-refractivity contribution < 1.29 is 13.9 Å². The molecule has 0 saturated heterocycles. The fourth-order valence-corrected chi connectivity index (χ4v) is 5.25. The molecule has 0 aromatic heterocycles. The number of amides is 1. The molecule has 3 atom stereocenters. The van der Waals surface area contributed by atoms with Gasteiger partial charge in [-0.05, 0) is 57.4 Å². The Hall–Kier alpha value is -1.33. The van der Waals surface area contributed by atoms with Gasteiger partial charge < -0.3 is 15.8 Å². The third kappa shape index (κ3) is 4.09. The van der Waals surface area contributed by atoms with Crippen molar-refractivity contribution in [1.29, 1.82) is 0 Å². The maximum absolute atomic E-state index is 13.6. The van der Waals surface area contributed by atoms with Crippen LogP contribution in [0.15, 0.2) is 18.2 Å². The molecule has 27 heavy (non-hydrogen) atoms. The highest BCUT2D eigenvalue weighted by Gasteiger charge is 2.42. The number of rotatable bonds is 2. The fraction of sp³-hybridized carbons (Fsp3) is 0.667. The molecule has 4 rings (SSSR count).